The van der Waals surface area contributed by atoms with E-state index >= 15 is 0 Å². The third kappa shape index (κ3) is 2.76. The molecule has 1 heterocycles. The lowest BCUT2D eigenvalue weighted by molar-refractivity contribution is 0.101. The highest BCUT2D eigenvalue weighted by Crippen LogP contribution is 2.23. The zero-order valence-corrected chi connectivity index (χ0v) is 11.1. The molecule has 0 aliphatic rings. The molecular formula is C14H14FNOS. The number of nitrogens with zero attached hydrogens (tertiary/aromatic N) is 1. The first-order valence-electron chi connectivity index (χ1n) is 5.60. The molecule has 0 aliphatic heterocycles. The zero-order valence-electron chi connectivity index (χ0n) is 10.3. The number of hydrogen-bond acceptors (Lipinski definition) is 3. The van der Waals surface area contributed by atoms with Gasteiger partial charge in [0.1, 0.15) is 5.82 Å². The van der Waals surface area contributed by atoms with Gasteiger partial charge in [-0.3, -0.25) is 4.79 Å². The van der Waals surface area contributed by atoms with Crippen LogP contribution in [0.25, 0.3) is 0 Å². The van der Waals surface area contributed by atoms with Crippen LogP contribution >= 0.6 is 11.3 Å². The fourth-order valence-corrected chi connectivity index (χ4v) is 2.52. The van der Waals surface area contributed by atoms with Gasteiger partial charge in [0.15, 0.2) is 5.78 Å². The van der Waals surface area contributed by atoms with Crippen LogP contribution in [0, 0.1) is 5.82 Å². The molecule has 2 rings (SSSR count). The van der Waals surface area contributed by atoms with Gasteiger partial charge in [0.25, 0.3) is 0 Å². The summed E-state index contributed by atoms with van der Waals surface area (Å²) in [6, 6.07) is 6.37. The van der Waals surface area contributed by atoms with Crippen LogP contribution in [0.2, 0.25) is 0 Å². The molecule has 0 spiro atoms. The Kier molecular flexibility index (Phi) is 3.77. The van der Waals surface area contributed by atoms with Crippen molar-refractivity contribution in [2.75, 3.05) is 11.9 Å². The van der Waals surface area contributed by atoms with Crippen molar-refractivity contribution in [1.29, 1.82) is 0 Å². The van der Waals surface area contributed by atoms with Crippen molar-refractivity contribution < 1.29 is 9.18 Å². The molecule has 94 valence electrons. The molecule has 0 aliphatic carbocycles. The number of carbonyl (C=O) groups excluding carboxylic acids is 1. The molecule has 0 radical (unpaired) electrons. The summed E-state index contributed by atoms with van der Waals surface area (Å²) in [4.78, 5) is 13.5. The van der Waals surface area contributed by atoms with Crippen LogP contribution in [0.3, 0.4) is 0 Å². The molecule has 0 saturated carbocycles. The average Bonchev–Trinajstić information content (AvgIpc) is 2.81. The first-order valence-corrected chi connectivity index (χ1v) is 6.55. The van der Waals surface area contributed by atoms with Crippen molar-refractivity contribution in [2.45, 2.75) is 13.5 Å². The van der Waals surface area contributed by atoms with Gasteiger partial charge >= 0.3 is 0 Å². The van der Waals surface area contributed by atoms with E-state index in [0.717, 1.165) is 5.69 Å². The van der Waals surface area contributed by atoms with E-state index in [9.17, 15) is 9.18 Å². The number of halogens is 1. The molecule has 0 saturated heterocycles. The van der Waals surface area contributed by atoms with Gasteiger partial charge in [-0.2, -0.15) is 11.3 Å². The van der Waals surface area contributed by atoms with Crippen LogP contribution in [0.5, 0.6) is 0 Å². The van der Waals surface area contributed by atoms with E-state index in [1.165, 1.54) is 24.6 Å². The number of thiophene rings is 1. The summed E-state index contributed by atoms with van der Waals surface area (Å²) in [5.41, 5.74) is 2.36. The maximum absolute atomic E-state index is 13.2. The minimum atomic E-state index is -0.382. The van der Waals surface area contributed by atoms with E-state index in [2.05, 4.69) is 5.38 Å². The lowest BCUT2D eigenvalue weighted by atomic mass is 10.1. The molecule has 4 heteroatoms. The summed E-state index contributed by atoms with van der Waals surface area (Å²) >= 11 is 1.64. The molecular weight excluding hydrogens is 249 g/mol. The van der Waals surface area contributed by atoms with Gasteiger partial charge in [0.05, 0.1) is 0 Å². The molecule has 1 aromatic heterocycles. The normalized spacial score (nSPS) is 10.4. The van der Waals surface area contributed by atoms with Gasteiger partial charge in [-0.15, -0.1) is 0 Å². The van der Waals surface area contributed by atoms with Crippen molar-refractivity contribution in [3.63, 3.8) is 0 Å². The summed E-state index contributed by atoms with van der Waals surface area (Å²) in [6.45, 7) is 2.16. The van der Waals surface area contributed by atoms with Gasteiger partial charge in [-0.05, 0) is 47.5 Å². The largest absolute Gasteiger partial charge is 0.370 e. The lowest BCUT2D eigenvalue weighted by Gasteiger charge is -2.21. The Morgan fingerprint density at radius 2 is 2.17 bits per heavy atom. The Labute approximate surface area is 110 Å². The van der Waals surface area contributed by atoms with Gasteiger partial charge in [0, 0.05) is 24.8 Å². The molecule has 0 bridgehead atoms. The van der Waals surface area contributed by atoms with Crippen LogP contribution < -0.4 is 4.90 Å². The van der Waals surface area contributed by atoms with Gasteiger partial charge in [-0.25, -0.2) is 4.39 Å². The summed E-state index contributed by atoms with van der Waals surface area (Å²) in [6.07, 6.45) is 0. The van der Waals surface area contributed by atoms with Crippen LogP contribution in [0.15, 0.2) is 35.0 Å². The Balaban J connectivity index is 2.29. The fraction of sp³-hybridized carbons (Fsp3) is 0.214. The van der Waals surface area contributed by atoms with Crippen molar-refractivity contribution in [2.24, 2.45) is 0 Å². The second kappa shape index (κ2) is 5.31. The number of Topliss-reactive ketones (excluding diaryl/α,β-unsaturated/α-hetero) is 1. The average molecular weight is 263 g/mol. The highest BCUT2D eigenvalue weighted by Gasteiger charge is 2.12. The molecule has 1 aromatic carbocycles. The smallest absolute Gasteiger partial charge is 0.161 e. The first-order chi connectivity index (χ1) is 8.58. The zero-order chi connectivity index (χ0) is 13.1. The van der Waals surface area contributed by atoms with E-state index in [-0.39, 0.29) is 11.6 Å². The van der Waals surface area contributed by atoms with Crippen LogP contribution in [0.4, 0.5) is 10.1 Å². The molecule has 18 heavy (non-hydrogen) atoms. The fourth-order valence-electron chi connectivity index (χ4n) is 1.86. The molecule has 2 aromatic rings. The van der Waals surface area contributed by atoms with Crippen molar-refractivity contribution in [3.05, 3.63) is 52.0 Å². The third-order valence-electron chi connectivity index (χ3n) is 2.75. The maximum atomic E-state index is 13.2. The molecule has 2 nitrogen and oxygen atoms in total. The van der Waals surface area contributed by atoms with Crippen LogP contribution in [-0.2, 0) is 6.54 Å². The second-order valence-corrected chi connectivity index (χ2v) is 4.99. The standard InChI is InChI=1S/C14H14FNOS/c1-10(17)13-7-12(15)3-4-14(13)16(2)8-11-5-6-18-9-11/h3-7,9H,8H2,1-2H3. The Morgan fingerprint density at radius 1 is 1.39 bits per heavy atom. The monoisotopic (exact) mass is 263 g/mol. The van der Waals surface area contributed by atoms with Crippen LogP contribution in [-0.4, -0.2) is 12.8 Å². The van der Waals surface area contributed by atoms with Gasteiger partial charge in [-0.1, -0.05) is 0 Å². The number of carbonyl (C=O) groups is 1. The second-order valence-electron chi connectivity index (χ2n) is 4.21. The maximum Gasteiger partial charge on any atom is 0.161 e. The third-order valence-corrected chi connectivity index (χ3v) is 3.48. The number of benzene rings is 1. The molecule has 0 fully saturated rings. The lowest BCUT2D eigenvalue weighted by Crippen LogP contribution is -2.18. The molecule has 0 atom stereocenters. The van der Waals surface area contributed by atoms with E-state index in [0.29, 0.717) is 12.1 Å². The van der Waals surface area contributed by atoms with E-state index in [4.69, 9.17) is 0 Å². The SMILES string of the molecule is CC(=O)c1cc(F)ccc1N(C)Cc1ccsc1. The van der Waals surface area contributed by atoms with Gasteiger partial charge < -0.3 is 4.90 Å². The minimum absolute atomic E-state index is 0.123. The predicted octanol–water partition coefficient (Wildman–Crippen LogP) is 3.73. The van der Waals surface area contributed by atoms with E-state index in [1.807, 2.05) is 23.4 Å². The number of hydrogen-bond donors (Lipinski definition) is 0. The Bertz CT molecular complexity index is 551. The Morgan fingerprint density at radius 3 is 2.78 bits per heavy atom. The quantitative estimate of drug-likeness (QED) is 0.783. The van der Waals surface area contributed by atoms with Gasteiger partial charge in [0.2, 0.25) is 0 Å². The highest BCUT2D eigenvalue weighted by molar-refractivity contribution is 7.07. The van der Waals surface area contributed by atoms with E-state index < -0.39 is 0 Å². The first kappa shape index (κ1) is 12.8. The number of ketones is 1. The highest BCUT2D eigenvalue weighted by atomic mass is 32.1. The summed E-state index contributed by atoms with van der Waals surface area (Å²) in [5, 5.41) is 4.08. The summed E-state index contributed by atoms with van der Waals surface area (Å²) in [5.74, 6) is -0.505. The summed E-state index contributed by atoms with van der Waals surface area (Å²) in [7, 11) is 1.90. The summed E-state index contributed by atoms with van der Waals surface area (Å²) < 4.78 is 13.2. The number of rotatable bonds is 4. The molecule has 0 amide bonds. The topological polar surface area (TPSA) is 20.3 Å². The van der Waals surface area contributed by atoms with Crippen molar-refractivity contribution in [1.82, 2.24) is 0 Å². The van der Waals surface area contributed by atoms with Crippen molar-refractivity contribution in [3.8, 4) is 0 Å². The minimum Gasteiger partial charge on any atom is -0.370 e. The van der Waals surface area contributed by atoms with E-state index in [1.54, 1.807) is 17.4 Å². The number of anilines is 1. The molecule has 0 unspecified atom stereocenters. The predicted molar refractivity (Wildman–Crippen MR) is 72.8 cm³/mol. The molecule has 0 N–H and O–H groups in total. The Hall–Kier alpha value is -1.68. The van der Waals surface area contributed by atoms with Crippen molar-refractivity contribution >= 4 is 22.8 Å². The van der Waals surface area contributed by atoms with Crippen LogP contribution in [0.1, 0.15) is 22.8 Å².